The average molecular weight is 216 g/mol. The summed E-state index contributed by atoms with van der Waals surface area (Å²) in [6.07, 6.45) is 2.37. The molecule has 1 fully saturated rings. The first-order chi connectivity index (χ1) is 7.81. The third kappa shape index (κ3) is 1.36. The second-order valence-corrected chi connectivity index (χ2v) is 5.05. The van der Waals surface area contributed by atoms with E-state index in [2.05, 4.69) is 42.3 Å². The minimum Gasteiger partial charge on any atom is -0.363 e. The topological polar surface area (TPSA) is 15.3 Å². The first kappa shape index (κ1) is 10.2. The van der Waals surface area contributed by atoms with Gasteiger partial charge in [-0.2, -0.15) is 0 Å². The highest BCUT2D eigenvalue weighted by atomic mass is 15.3. The summed E-state index contributed by atoms with van der Waals surface area (Å²) in [7, 11) is 0. The highest BCUT2D eigenvalue weighted by Gasteiger charge is 2.35. The van der Waals surface area contributed by atoms with Crippen LogP contribution in [0.15, 0.2) is 18.2 Å². The van der Waals surface area contributed by atoms with Gasteiger partial charge in [0.15, 0.2) is 0 Å². The number of nitrogens with zero attached hydrogens (tertiary/aromatic N) is 1. The number of rotatable bonds is 1. The standard InChI is InChI=1S/C14H20N2/c1-3-11-5-4-6-12-7-13-9-15-8-10(2)16(13)14(11)12/h4-6,10,13,15H,3,7-9H2,1-2H3. The van der Waals surface area contributed by atoms with Crippen LogP contribution in [0.1, 0.15) is 25.0 Å². The van der Waals surface area contributed by atoms with Crippen LogP contribution in [0.2, 0.25) is 0 Å². The van der Waals surface area contributed by atoms with Crippen molar-refractivity contribution in [2.24, 2.45) is 0 Å². The molecule has 86 valence electrons. The Hall–Kier alpha value is -1.02. The fourth-order valence-electron chi connectivity index (χ4n) is 3.27. The molecule has 0 spiro atoms. The largest absolute Gasteiger partial charge is 0.363 e. The minimum atomic E-state index is 0.632. The molecule has 2 heteroatoms. The Balaban J connectivity index is 2.07. The van der Waals surface area contributed by atoms with Gasteiger partial charge in [-0.05, 0) is 30.9 Å². The van der Waals surface area contributed by atoms with E-state index in [1.54, 1.807) is 11.3 Å². The zero-order valence-electron chi connectivity index (χ0n) is 10.2. The first-order valence-corrected chi connectivity index (χ1v) is 6.41. The van der Waals surface area contributed by atoms with Gasteiger partial charge >= 0.3 is 0 Å². The third-order valence-corrected chi connectivity index (χ3v) is 3.99. The summed E-state index contributed by atoms with van der Waals surface area (Å²) in [5, 5.41) is 3.54. The van der Waals surface area contributed by atoms with Crippen LogP contribution in [-0.4, -0.2) is 25.2 Å². The Morgan fingerprint density at radius 3 is 3.06 bits per heavy atom. The van der Waals surface area contributed by atoms with Crippen molar-refractivity contribution < 1.29 is 0 Å². The van der Waals surface area contributed by atoms with Crippen molar-refractivity contribution in [1.29, 1.82) is 0 Å². The highest BCUT2D eigenvalue weighted by Crippen LogP contribution is 2.37. The molecule has 0 amide bonds. The molecule has 2 atom stereocenters. The molecule has 2 unspecified atom stereocenters. The van der Waals surface area contributed by atoms with Crippen molar-refractivity contribution in [2.45, 2.75) is 38.8 Å². The molecule has 0 radical (unpaired) electrons. The van der Waals surface area contributed by atoms with Crippen LogP contribution in [0.4, 0.5) is 5.69 Å². The lowest BCUT2D eigenvalue weighted by Gasteiger charge is -2.39. The summed E-state index contributed by atoms with van der Waals surface area (Å²) in [5.74, 6) is 0. The third-order valence-electron chi connectivity index (χ3n) is 3.99. The molecule has 0 saturated carbocycles. The lowest BCUT2D eigenvalue weighted by Crippen LogP contribution is -2.55. The summed E-state index contributed by atoms with van der Waals surface area (Å²) in [4.78, 5) is 2.66. The van der Waals surface area contributed by atoms with Gasteiger partial charge in [0.1, 0.15) is 0 Å². The summed E-state index contributed by atoms with van der Waals surface area (Å²) in [6, 6.07) is 8.13. The molecule has 3 rings (SSSR count). The fraction of sp³-hybridized carbons (Fsp3) is 0.571. The van der Waals surface area contributed by atoms with Crippen LogP contribution >= 0.6 is 0 Å². The molecule has 2 heterocycles. The predicted octanol–water partition coefficient (Wildman–Crippen LogP) is 1.97. The molecule has 1 aromatic carbocycles. The van der Waals surface area contributed by atoms with Crippen LogP contribution < -0.4 is 10.2 Å². The molecule has 2 aliphatic rings. The fourth-order valence-corrected chi connectivity index (χ4v) is 3.27. The van der Waals surface area contributed by atoms with E-state index < -0.39 is 0 Å². The molecule has 0 bridgehead atoms. The number of aryl methyl sites for hydroxylation is 1. The maximum atomic E-state index is 3.54. The second-order valence-electron chi connectivity index (χ2n) is 5.05. The SMILES string of the molecule is CCc1cccc2c1N1C(C)CNCC1C2. The maximum absolute atomic E-state index is 3.54. The Bertz CT molecular complexity index is 400. The van der Waals surface area contributed by atoms with Gasteiger partial charge in [-0.1, -0.05) is 25.1 Å². The van der Waals surface area contributed by atoms with Crippen LogP contribution in [0.5, 0.6) is 0 Å². The smallest absolute Gasteiger partial charge is 0.0459 e. The molecule has 0 aromatic heterocycles. The van der Waals surface area contributed by atoms with Crippen molar-refractivity contribution in [3.63, 3.8) is 0 Å². The van der Waals surface area contributed by atoms with Crippen LogP contribution in [0.3, 0.4) is 0 Å². The quantitative estimate of drug-likeness (QED) is 0.772. The van der Waals surface area contributed by atoms with Gasteiger partial charge in [-0.25, -0.2) is 0 Å². The van der Waals surface area contributed by atoms with Crippen LogP contribution in [0.25, 0.3) is 0 Å². The van der Waals surface area contributed by atoms with Crippen molar-refractivity contribution in [1.82, 2.24) is 5.32 Å². The number of para-hydroxylation sites is 1. The van der Waals surface area contributed by atoms with Crippen molar-refractivity contribution in [2.75, 3.05) is 18.0 Å². The van der Waals surface area contributed by atoms with Gasteiger partial charge in [-0.15, -0.1) is 0 Å². The summed E-state index contributed by atoms with van der Waals surface area (Å²) >= 11 is 0. The van der Waals surface area contributed by atoms with Gasteiger partial charge in [0.2, 0.25) is 0 Å². The molecule has 2 nitrogen and oxygen atoms in total. The molecule has 1 N–H and O–H groups in total. The molecule has 1 saturated heterocycles. The maximum Gasteiger partial charge on any atom is 0.0459 e. The second kappa shape index (κ2) is 3.77. The Labute approximate surface area is 97.6 Å². The van der Waals surface area contributed by atoms with E-state index in [4.69, 9.17) is 0 Å². The van der Waals surface area contributed by atoms with E-state index in [0.717, 1.165) is 19.5 Å². The van der Waals surface area contributed by atoms with Gasteiger partial charge in [0.25, 0.3) is 0 Å². The molecular weight excluding hydrogens is 196 g/mol. The van der Waals surface area contributed by atoms with Gasteiger partial charge in [0.05, 0.1) is 0 Å². The van der Waals surface area contributed by atoms with Crippen LogP contribution in [0, 0.1) is 0 Å². The predicted molar refractivity (Wildman–Crippen MR) is 68.1 cm³/mol. The van der Waals surface area contributed by atoms with Crippen molar-refractivity contribution >= 4 is 5.69 Å². The lowest BCUT2D eigenvalue weighted by molar-refractivity contribution is 0.429. The summed E-state index contributed by atoms with van der Waals surface area (Å²) in [5.41, 5.74) is 4.62. The van der Waals surface area contributed by atoms with Gasteiger partial charge in [0, 0.05) is 30.9 Å². The molecular formula is C14H20N2. The molecule has 16 heavy (non-hydrogen) atoms. The van der Waals surface area contributed by atoms with Crippen molar-refractivity contribution in [3.8, 4) is 0 Å². The van der Waals surface area contributed by atoms with E-state index in [1.165, 1.54) is 12.0 Å². The molecule has 0 aliphatic carbocycles. The number of fused-ring (bicyclic) bond motifs is 3. The monoisotopic (exact) mass is 216 g/mol. The number of hydrogen-bond donors (Lipinski definition) is 1. The highest BCUT2D eigenvalue weighted by molar-refractivity contribution is 5.65. The zero-order valence-corrected chi connectivity index (χ0v) is 10.2. The van der Waals surface area contributed by atoms with E-state index in [9.17, 15) is 0 Å². The Morgan fingerprint density at radius 2 is 2.25 bits per heavy atom. The summed E-state index contributed by atoms with van der Waals surface area (Å²) < 4.78 is 0. The molecule has 2 aliphatic heterocycles. The van der Waals surface area contributed by atoms with E-state index in [-0.39, 0.29) is 0 Å². The van der Waals surface area contributed by atoms with Gasteiger partial charge < -0.3 is 10.2 Å². The minimum absolute atomic E-state index is 0.632. The van der Waals surface area contributed by atoms with Gasteiger partial charge in [-0.3, -0.25) is 0 Å². The van der Waals surface area contributed by atoms with E-state index >= 15 is 0 Å². The zero-order chi connectivity index (χ0) is 11.1. The van der Waals surface area contributed by atoms with Crippen LogP contribution in [-0.2, 0) is 12.8 Å². The first-order valence-electron chi connectivity index (χ1n) is 6.41. The molecule has 1 aromatic rings. The number of benzene rings is 1. The Kier molecular flexibility index (Phi) is 2.40. The number of nitrogens with one attached hydrogen (secondary N) is 1. The normalized spacial score (nSPS) is 27.8. The summed E-state index contributed by atoms with van der Waals surface area (Å²) in [6.45, 7) is 6.85. The van der Waals surface area contributed by atoms with E-state index in [1.807, 2.05) is 0 Å². The Morgan fingerprint density at radius 1 is 1.38 bits per heavy atom. The van der Waals surface area contributed by atoms with Crippen molar-refractivity contribution in [3.05, 3.63) is 29.3 Å². The average Bonchev–Trinajstić information content (AvgIpc) is 2.68. The van der Waals surface area contributed by atoms with E-state index in [0.29, 0.717) is 12.1 Å². The number of hydrogen-bond acceptors (Lipinski definition) is 2. The number of anilines is 1. The number of piperazine rings is 1. The lowest BCUT2D eigenvalue weighted by atomic mass is 10.0.